The van der Waals surface area contributed by atoms with Gasteiger partial charge in [0.05, 0.1) is 0 Å². The third-order valence-corrected chi connectivity index (χ3v) is 4.88. The Labute approximate surface area is 116 Å². The lowest BCUT2D eigenvalue weighted by Crippen LogP contribution is -2.38. The summed E-state index contributed by atoms with van der Waals surface area (Å²) < 4.78 is 0. The Balaban J connectivity index is 1.68. The van der Waals surface area contributed by atoms with E-state index in [0.717, 1.165) is 31.2 Å². The first kappa shape index (κ1) is 12.8. The molecule has 0 radical (unpaired) electrons. The van der Waals surface area contributed by atoms with Gasteiger partial charge in [0.1, 0.15) is 0 Å². The Hall–Kier alpha value is -1.26. The quantitative estimate of drug-likeness (QED) is 0.642. The summed E-state index contributed by atoms with van der Waals surface area (Å²) in [6.07, 6.45) is 12.6. The van der Waals surface area contributed by atoms with Crippen molar-refractivity contribution >= 4 is 0 Å². The average molecular weight is 253 g/mol. The maximum atomic E-state index is 5.32. The summed E-state index contributed by atoms with van der Waals surface area (Å²) in [5, 5.41) is 3.80. The molecule has 1 aromatic rings. The zero-order valence-electron chi connectivity index (χ0n) is 11.6. The molecule has 0 amide bonds. The van der Waals surface area contributed by atoms with Gasteiger partial charge in [0, 0.05) is 12.5 Å². The van der Waals surface area contributed by atoms with E-state index in [1.165, 1.54) is 25.7 Å². The predicted molar refractivity (Wildman–Crippen MR) is 79.9 cm³/mol. The molecule has 0 aromatic heterocycles. The molecule has 0 heterocycles. The molecule has 2 aliphatic rings. The first-order valence-corrected chi connectivity index (χ1v) is 7.62. The molecule has 1 saturated carbocycles. The molecular weight excluding hydrogens is 230 g/mol. The van der Waals surface area contributed by atoms with Crippen molar-refractivity contribution in [2.24, 2.45) is 11.8 Å². The van der Waals surface area contributed by atoms with Crippen LogP contribution in [0.25, 0.3) is 0 Å². The van der Waals surface area contributed by atoms with E-state index in [-0.39, 0.29) is 0 Å². The van der Waals surface area contributed by atoms with E-state index >= 15 is 0 Å². The normalized spacial score (nSPS) is 28.5. The van der Waals surface area contributed by atoms with Crippen LogP contribution >= 0.6 is 0 Å². The second-order valence-corrected chi connectivity index (χ2v) is 6.06. The number of hydrogen-bond acceptors (Lipinski definition) is 1. The van der Waals surface area contributed by atoms with Crippen molar-refractivity contribution in [1.82, 2.24) is 5.32 Å². The van der Waals surface area contributed by atoms with E-state index in [1.54, 1.807) is 11.1 Å². The summed E-state index contributed by atoms with van der Waals surface area (Å²) in [5.41, 5.74) is 3.18. The van der Waals surface area contributed by atoms with Crippen LogP contribution < -0.4 is 5.32 Å². The lowest BCUT2D eigenvalue weighted by atomic mass is 9.94. The summed E-state index contributed by atoms with van der Waals surface area (Å²) in [6.45, 7) is 1.08. The number of hydrogen-bond donors (Lipinski definition) is 1. The van der Waals surface area contributed by atoms with Gasteiger partial charge in [-0.2, -0.15) is 0 Å². The third-order valence-electron chi connectivity index (χ3n) is 4.88. The number of benzene rings is 1. The van der Waals surface area contributed by atoms with E-state index in [9.17, 15) is 0 Å². The van der Waals surface area contributed by atoms with Crippen LogP contribution in [0.4, 0.5) is 0 Å². The maximum Gasteiger partial charge on any atom is 0.0130 e. The van der Waals surface area contributed by atoms with Crippen molar-refractivity contribution in [2.45, 2.75) is 44.6 Å². The highest BCUT2D eigenvalue weighted by molar-refractivity contribution is 5.30. The largest absolute Gasteiger partial charge is 0.313 e. The fraction of sp³-hybridized carbons (Fsp3) is 0.556. The van der Waals surface area contributed by atoms with E-state index in [1.807, 2.05) is 0 Å². The van der Waals surface area contributed by atoms with Gasteiger partial charge in [-0.25, -0.2) is 0 Å². The molecule has 0 spiro atoms. The van der Waals surface area contributed by atoms with Crippen LogP contribution in [-0.4, -0.2) is 12.6 Å². The highest BCUT2D eigenvalue weighted by Gasteiger charge is 2.38. The van der Waals surface area contributed by atoms with Crippen molar-refractivity contribution in [3.05, 3.63) is 35.4 Å². The highest BCUT2D eigenvalue weighted by atomic mass is 14.9. The van der Waals surface area contributed by atoms with Crippen LogP contribution in [0.1, 0.15) is 36.8 Å². The molecule has 1 aromatic carbocycles. The SMILES string of the molecule is C#CCCCNC1C2CCC1Cc1ccccc1C2. The minimum absolute atomic E-state index is 0.713. The molecule has 2 aliphatic carbocycles. The van der Waals surface area contributed by atoms with Crippen molar-refractivity contribution in [2.75, 3.05) is 6.54 Å². The van der Waals surface area contributed by atoms with E-state index < -0.39 is 0 Å². The van der Waals surface area contributed by atoms with Gasteiger partial charge in [0.2, 0.25) is 0 Å². The van der Waals surface area contributed by atoms with Gasteiger partial charge in [-0.05, 0) is 61.6 Å². The van der Waals surface area contributed by atoms with Crippen molar-refractivity contribution in [3.63, 3.8) is 0 Å². The van der Waals surface area contributed by atoms with Crippen LogP contribution in [0.3, 0.4) is 0 Å². The molecule has 2 bridgehead atoms. The zero-order valence-corrected chi connectivity index (χ0v) is 11.6. The molecule has 0 aliphatic heterocycles. The summed E-state index contributed by atoms with van der Waals surface area (Å²) in [4.78, 5) is 0. The second-order valence-electron chi connectivity index (χ2n) is 6.06. The molecule has 1 fully saturated rings. The zero-order chi connectivity index (χ0) is 13.1. The summed E-state index contributed by atoms with van der Waals surface area (Å²) in [5.74, 6) is 4.40. The maximum absolute atomic E-state index is 5.32. The predicted octanol–water partition coefficient (Wildman–Crippen LogP) is 3.18. The Morgan fingerprint density at radius 1 is 1.11 bits per heavy atom. The van der Waals surface area contributed by atoms with Crippen molar-refractivity contribution < 1.29 is 0 Å². The highest BCUT2D eigenvalue weighted by Crippen LogP contribution is 2.39. The molecule has 1 nitrogen and oxygen atoms in total. The number of nitrogens with one attached hydrogen (secondary N) is 1. The molecule has 2 unspecified atom stereocenters. The third kappa shape index (κ3) is 2.69. The first-order valence-electron chi connectivity index (χ1n) is 7.62. The van der Waals surface area contributed by atoms with Crippen LogP contribution in [0.15, 0.2) is 24.3 Å². The van der Waals surface area contributed by atoms with Crippen LogP contribution in [0.5, 0.6) is 0 Å². The molecule has 19 heavy (non-hydrogen) atoms. The van der Waals surface area contributed by atoms with Gasteiger partial charge >= 0.3 is 0 Å². The number of unbranched alkanes of at least 4 members (excludes halogenated alkanes) is 1. The van der Waals surface area contributed by atoms with E-state index in [4.69, 9.17) is 6.42 Å². The Bertz CT molecular complexity index is 438. The van der Waals surface area contributed by atoms with Gasteiger partial charge in [-0.15, -0.1) is 12.3 Å². The lowest BCUT2D eigenvalue weighted by Gasteiger charge is -2.23. The fourth-order valence-corrected chi connectivity index (χ4v) is 3.94. The Morgan fingerprint density at radius 3 is 2.32 bits per heavy atom. The molecule has 1 N–H and O–H groups in total. The molecular formula is C18H23N. The summed E-state index contributed by atoms with van der Waals surface area (Å²) in [6, 6.07) is 9.74. The number of rotatable bonds is 4. The van der Waals surface area contributed by atoms with Gasteiger partial charge in [0.25, 0.3) is 0 Å². The van der Waals surface area contributed by atoms with Crippen molar-refractivity contribution in [3.8, 4) is 12.3 Å². The number of fused-ring (bicyclic) bond motifs is 3. The topological polar surface area (TPSA) is 12.0 Å². The van der Waals surface area contributed by atoms with Crippen LogP contribution in [0, 0.1) is 24.2 Å². The lowest BCUT2D eigenvalue weighted by molar-refractivity contribution is 0.342. The molecule has 2 atom stereocenters. The van der Waals surface area contributed by atoms with Crippen molar-refractivity contribution in [1.29, 1.82) is 0 Å². The summed E-state index contributed by atoms with van der Waals surface area (Å²) >= 11 is 0. The van der Waals surface area contributed by atoms with Gasteiger partial charge in [-0.3, -0.25) is 0 Å². The van der Waals surface area contributed by atoms with Gasteiger partial charge in [0.15, 0.2) is 0 Å². The Kier molecular flexibility index (Phi) is 3.89. The van der Waals surface area contributed by atoms with Crippen LogP contribution in [-0.2, 0) is 12.8 Å². The average Bonchev–Trinajstić information content (AvgIpc) is 2.70. The van der Waals surface area contributed by atoms with Gasteiger partial charge in [-0.1, -0.05) is 24.3 Å². The minimum atomic E-state index is 0.713. The standard InChI is InChI=1S/C18H23N/c1-2-3-6-11-19-18-16-9-10-17(18)13-15-8-5-4-7-14(15)12-16/h1,4-5,7-8,16-19H,3,6,9-13H2. The molecule has 100 valence electrons. The fourth-order valence-electron chi connectivity index (χ4n) is 3.94. The summed E-state index contributed by atoms with van der Waals surface area (Å²) in [7, 11) is 0. The minimum Gasteiger partial charge on any atom is -0.313 e. The monoisotopic (exact) mass is 253 g/mol. The van der Waals surface area contributed by atoms with Gasteiger partial charge < -0.3 is 5.32 Å². The Morgan fingerprint density at radius 2 is 1.74 bits per heavy atom. The smallest absolute Gasteiger partial charge is 0.0130 e. The van der Waals surface area contributed by atoms with Crippen LogP contribution in [0.2, 0.25) is 0 Å². The molecule has 1 heteroatoms. The molecule has 0 saturated heterocycles. The van der Waals surface area contributed by atoms with E-state index in [2.05, 4.69) is 35.5 Å². The molecule has 3 rings (SSSR count). The first-order chi connectivity index (χ1) is 9.38. The number of terminal acetylenes is 1. The second kappa shape index (κ2) is 5.80. The van der Waals surface area contributed by atoms with E-state index in [0.29, 0.717) is 6.04 Å².